The summed E-state index contributed by atoms with van der Waals surface area (Å²) in [5.41, 5.74) is 1.67. The zero-order chi connectivity index (χ0) is 15.9. The van der Waals surface area contributed by atoms with Gasteiger partial charge in [-0.15, -0.1) is 0 Å². The number of halogens is 1. The van der Waals surface area contributed by atoms with Crippen molar-refractivity contribution < 1.29 is 0 Å². The van der Waals surface area contributed by atoms with Crippen LogP contribution in [0.4, 0.5) is 0 Å². The summed E-state index contributed by atoms with van der Waals surface area (Å²) in [7, 11) is 2.21. The molecule has 0 atom stereocenters. The van der Waals surface area contributed by atoms with E-state index in [4.69, 9.17) is 11.6 Å². The Labute approximate surface area is 135 Å². The first kappa shape index (κ1) is 18.5. The van der Waals surface area contributed by atoms with Gasteiger partial charge < -0.3 is 10.2 Å². The van der Waals surface area contributed by atoms with Gasteiger partial charge in [-0.1, -0.05) is 51.4 Å². The predicted molar refractivity (Wildman–Crippen MR) is 93.9 cm³/mol. The molecule has 0 aliphatic rings. The number of benzene rings is 1. The van der Waals surface area contributed by atoms with Gasteiger partial charge in [0.2, 0.25) is 0 Å². The van der Waals surface area contributed by atoms with E-state index >= 15 is 0 Å². The monoisotopic (exact) mass is 310 g/mol. The van der Waals surface area contributed by atoms with Crippen molar-refractivity contribution in [3.05, 3.63) is 34.9 Å². The zero-order valence-electron chi connectivity index (χ0n) is 14.2. The standard InChI is InChI=1S/C18H31ClN2/c1-6-18(7-2,13-20-15(3)4)14-21(5)12-16-8-10-17(19)11-9-16/h8-11,15,20H,6-7,12-14H2,1-5H3. The Bertz CT molecular complexity index is 396. The van der Waals surface area contributed by atoms with Crippen molar-refractivity contribution >= 4 is 11.6 Å². The highest BCUT2D eigenvalue weighted by Crippen LogP contribution is 2.27. The Hall–Kier alpha value is -0.570. The van der Waals surface area contributed by atoms with Crippen LogP contribution in [0.3, 0.4) is 0 Å². The van der Waals surface area contributed by atoms with Crippen molar-refractivity contribution in [3.8, 4) is 0 Å². The summed E-state index contributed by atoms with van der Waals surface area (Å²) in [6, 6.07) is 8.72. The van der Waals surface area contributed by atoms with E-state index < -0.39 is 0 Å². The highest BCUT2D eigenvalue weighted by atomic mass is 35.5. The van der Waals surface area contributed by atoms with E-state index in [0.717, 1.165) is 24.7 Å². The Morgan fingerprint density at radius 1 is 1.14 bits per heavy atom. The average molecular weight is 311 g/mol. The first-order chi connectivity index (χ1) is 9.90. The quantitative estimate of drug-likeness (QED) is 0.718. The van der Waals surface area contributed by atoms with Gasteiger partial charge >= 0.3 is 0 Å². The van der Waals surface area contributed by atoms with E-state index in [9.17, 15) is 0 Å². The minimum atomic E-state index is 0.353. The van der Waals surface area contributed by atoms with Crippen LogP contribution in [0.25, 0.3) is 0 Å². The summed E-state index contributed by atoms with van der Waals surface area (Å²) in [4.78, 5) is 2.43. The molecule has 0 amide bonds. The summed E-state index contributed by atoms with van der Waals surface area (Å²) in [6.45, 7) is 12.2. The van der Waals surface area contributed by atoms with E-state index in [0.29, 0.717) is 11.5 Å². The number of nitrogens with zero attached hydrogens (tertiary/aromatic N) is 1. The molecule has 0 unspecified atom stereocenters. The molecule has 21 heavy (non-hydrogen) atoms. The van der Waals surface area contributed by atoms with Crippen LogP contribution < -0.4 is 5.32 Å². The van der Waals surface area contributed by atoms with Crippen LogP contribution in [0, 0.1) is 5.41 Å². The van der Waals surface area contributed by atoms with Crippen molar-refractivity contribution in [1.29, 1.82) is 0 Å². The van der Waals surface area contributed by atoms with Gasteiger partial charge in [0.05, 0.1) is 0 Å². The van der Waals surface area contributed by atoms with Gasteiger partial charge in [-0.25, -0.2) is 0 Å². The van der Waals surface area contributed by atoms with Crippen LogP contribution in [0.1, 0.15) is 46.1 Å². The molecule has 120 valence electrons. The van der Waals surface area contributed by atoms with Crippen LogP contribution in [0.2, 0.25) is 5.02 Å². The largest absolute Gasteiger partial charge is 0.314 e. The van der Waals surface area contributed by atoms with Gasteiger partial charge in [-0.2, -0.15) is 0 Å². The van der Waals surface area contributed by atoms with Crippen LogP contribution in [0.15, 0.2) is 24.3 Å². The topological polar surface area (TPSA) is 15.3 Å². The lowest BCUT2D eigenvalue weighted by Gasteiger charge is -2.37. The van der Waals surface area contributed by atoms with Crippen LogP contribution in [0.5, 0.6) is 0 Å². The highest BCUT2D eigenvalue weighted by molar-refractivity contribution is 6.30. The SMILES string of the molecule is CCC(CC)(CNC(C)C)CN(C)Cc1ccc(Cl)cc1. The first-order valence-corrected chi connectivity index (χ1v) is 8.45. The van der Waals surface area contributed by atoms with Gasteiger partial charge in [0.25, 0.3) is 0 Å². The zero-order valence-corrected chi connectivity index (χ0v) is 15.0. The van der Waals surface area contributed by atoms with Crippen molar-refractivity contribution in [2.24, 2.45) is 5.41 Å². The first-order valence-electron chi connectivity index (χ1n) is 8.07. The molecule has 0 aromatic heterocycles. The van der Waals surface area contributed by atoms with E-state index in [1.54, 1.807) is 0 Å². The fourth-order valence-electron chi connectivity index (χ4n) is 2.73. The van der Waals surface area contributed by atoms with Crippen LogP contribution in [-0.4, -0.2) is 31.1 Å². The molecule has 0 saturated heterocycles. The summed E-state index contributed by atoms with van der Waals surface area (Å²) >= 11 is 5.95. The Balaban J connectivity index is 2.62. The van der Waals surface area contributed by atoms with Gasteiger partial charge in [0.15, 0.2) is 0 Å². The average Bonchev–Trinajstić information content (AvgIpc) is 2.46. The second kappa shape index (κ2) is 8.77. The van der Waals surface area contributed by atoms with E-state index in [1.807, 2.05) is 12.1 Å². The van der Waals surface area contributed by atoms with E-state index in [2.05, 4.69) is 57.1 Å². The maximum Gasteiger partial charge on any atom is 0.0406 e. The molecule has 0 radical (unpaired) electrons. The molecular weight excluding hydrogens is 280 g/mol. The number of hydrogen-bond donors (Lipinski definition) is 1. The lowest BCUT2D eigenvalue weighted by molar-refractivity contribution is 0.148. The summed E-state index contributed by atoms with van der Waals surface area (Å²) < 4.78 is 0. The molecule has 0 aliphatic carbocycles. The van der Waals surface area contributed by atoms with Gasteiger partial charge in [-0.05, 0) is 43.0 Å². The maximum absolute atomic E-state index is 5.95. The molecule has 3 heteroatoms. The molecule has 0 spiro atoms. The second-order valence-electron chi connectivity index (χ2n) is 6.54. The smallest absolute Gasteiger partial charge is 0.0406 e. The van der Waals surface area contributed by atoms with Crippen molar-refractivity contribution in [3.63, 3.8) is 0 Å². The Morgan fingerprint density at radius 3 is 2.19 bits per heavy atom. The number of nitrogens with one attached hydrogen (secondary N) is 1. The summed E-state index contributed by atoms with van der Waals surface area (Å²) in [6.07, 6.45) is 2.41. The minimum absolute atomic E-state index is 0.353. The highest BCUT2D eigenvalue weighted by Gasteiger charge is 2.27. The lowest BCUT2D eigenvalue weighted by Crippen LogP contribution is -2.44. The summed E-state index contributed by atoms with van der Waals surface area (Å²) in [5.74, 6) is 0. The molecule has 2 nitrogen and oxygen atoms in total. The molecular formula is C18H31ClN2. The maximum atomic E-state index is 5.95. The van der Waals surface area contributed by atoms with E-state index in [-0.39, 0.29) is 0 Å². The molecule has 1 rings (SSSR count). The number of hydrogen-bond acceptors (Lipinski definition) is 2. The van der Waals surface area contributed by atoms with Crippen molar-refractivity contribution in [2.75, 3.05) is 20.1 Å². The molecule has 0 aliphatic heterocycles. The molecule has 0 saturated carbocycles. The third-order valence-corrected chi connectivity index (χ3v) is 4.61. The molecule has 1 aromatic carbocycles. The third-order valence-electron chi connectivity index (χ3n) is 4.36. The minimum Gasteiger partial charge on any atom is -0.314 e. The van der Waals surface area contributed by atoms with Gasteiger partial charge in [-0.3, -0.25) is 0 Å². The fourth-order valence-corrected chi connectivity index (χ4v) is 2.86. The fraction of sp³-hybridized carbons (Fsp3) is 0.667. The normalized spacial score (nSPS) is 12.4. The molecule has 1 aromatic rings. The Kier molecular flexibility index (Phi) is 7.72. The third kappa shape index (κ3) is 6.37. The predicted octanol–water partition coefficient (Wildman–Crippen LogP) is 4.58. The lowest BCUT2D eigenvalue weighted by atomic mass is 9.81. The molecule has 0 fully saturated rings. The molecule has 0 bridgehead atoms. The van der Waals surface area contributed by atoms with Crippen LogP contribution >= 0.6 is 11.6 Å². The van der Waals surface area contributed by atoms with Gasteiger partial charge in [0.1, 0.15) is 0 Å². The number of rotatable bonds is 9. The molecule has 0 heterocycles. The van der Waals surface area contributed by atoms with Crippen molar-refractivity contribution in [2.45, 2.75) is 53.1 Å². The summed E-state index contributed by atoms with van der Waals surface area (Å²) in [5, 5.41) is 4.43. The van der Waals surface area contributed by atoms with Crippen LogP contribution in [-0.2, 0) is 6.54 Å². The second-order valence-corrected chi connectivity index (χ2v) is 6.98. The Morgan fingerprint density at radius 2 is 1.71 bits per heavy atom. The van der Waals surface area contributed by atoms with Gasteiger partial charge in [0, 0.05) is 30.7 Å². The van der Waals surface area contributed by atoms with Crippen molar-refractivity contribution in [1.82, 2.24) is 10.2 Å². The molecule has 1 N–H and O–H groups in total. The van der Waals surface area contributed by atoms with E-state index in [1.165, 1.54) is 18.4 Å².